The van der Waals surface area contributed by atoms with Crippen LogP contribution in [0.4, 0.5) is 13.2 Å². The topological polar surface area (TPSA) is 68.9 Å². The Morgan fingerprint density at radius 1 is 1.20 bits per heavy atom. The molecular weight excluding hydrogens is 390 g/mol. The van der Waals surface area contributed by atoms with Gasteiger partial charge in [-0.1, -0.05) is 0 Å². The summed E-state index contributed by atoms with van der Waals surface area (Å²) in [4.78, 5) is 3.96. The summed E-state index contributed by atoms with van der Waals surface area (Å²) in [5, 5.41) is 2.88. The molecule has 0 saturated heterocycles. The van der Waals surface area contributed by atoms with Crippen molar-refractivity contribution in [2.75, 3.05) is 39.5 Å². The van der Waals surface area contributed by atoms with Crippen LogP contribution in [0, 0.1) is 0 Å². The first kappa shape index (κ1) is 22.0. The number of nitrogens with one attached hydrogen (secondary N) is 1. The second kappa shape index (κ2) is 13.7. The first-order chi connectivity index (χ1) is 8.95. The number of alkyl halides is 3. The van der Waals surface area contributed by atoms with Crippen molar-refractivity contribution < 1.29 is 22.6 Å². The minimum atomic E-state index is -4.27. The highest BCUT2D eigenvalue weighted by Gasteiger charge is 2.27. The fourth-order valence-corrected chi connectivity index (χ4v) is 1.14. The second-order valence-electron chi connectivity index (χ2n) is 3.77. The van der Waals surface area contributed by atoms with Crippen LogP contribution in [0.25, 0.3) is 0 Å². The van der Waals surface area contributed by atoms with Gasteiger partial charge < -0.3 is 20.5 Å². The molecule has 0 aliphatic rings. The highest BCUT2D eigenvalue weighted by molar-refractivity contribution is 14.0. The second-order valence-corrected chi connectivity index (χ2v) is 3.77. The van der Waals surface area contributed by atoms with Gasteiger partial charge in [-0.3, -0.25) is 4.99 Å². The zero-order valence-corrected chi connectivity index (χ0v) is 13.9. The molecule has 0 aliphatic heterocycles. The van der Waals surface area contributed by atoms with Gasteiger partial charge in [-0.05, 0) is 19.8 Å². The molecule has 20 heavy (non-hydrogen) atoms. The van der Waals surface area contributed by atoms with Crippen molar-refractivity contribution in [2.45, 2.75) is 25.9 Å². The van der Waals surface area contributed by atoms with Crippen LogP contribution in [0.5, 0.6) is 0 Å². The van der Waals surface area contributed by atoms with Crippen LogP contribution in [0.15, 0.2) is 4.99 Å². The van der Waals surface area contributed by atoms with Crippen LogP contribution in [0.1, 0.15) is 19.8 Å². The molecule has 0 amide bonds. The van der Waals surface area contributed by atoms with Gasteiger partial charge in [0.25, 0.3) is 0 Å². The first-order valence-electron chi connectivity index (χ1n) is 6.21. The third kappa shape index (κ3) is 17.7. The van der Waals surface area contributed by atoms with Gasteiger partial charge in [0.2, 0.25) is 0 Å². The van der Waals surface area contributed by atoms with Crippen molar-refractivity contribution in [2.24, 2.45) is 10.7 Å². The normalized spacial score (nSPS) is 12.1. The third-order valence-electron chi connectivity index (χ3n) is 1.97. The molecule has 122 valence electrons. The predicted octanol–water partition coefficient (Wildman–Crippen LogP) is 1.90. The van der Waals surface area contributed by atoms with E-state index >= 15 is 0 Å². The maximum Gasteiger partial charge on any atom is 0.411 e. The Labute approximate surface area is 134 Å². The van der Waals surface area contributed by atoms with Gasteiger partial charge in [0.15, 0.2) is 5.96 Å². The van der Waals surface area contributed by atoms with Crippen molar-refractivity contribution >= 4 is 29.9 Å². The summed E-state index contributed by atoms with van der Waals surface area (Å²) >= 11 is 0. The summed E-state index contributed by atoms with van der Waals surface area (Å²) < 4.78 is 44.8. The molecule has 0 aliphatic carbocycles. The number of nitrogens with two attached hydrogens (primary N) is 1. The van der Waals surface area contributed by atoms with Gasteiger partial charge in [-0.2, -0.15) is 13.2 Å². The number of nitrogens with zero attached hydrogens (tertiary/aromatic N) is 1. The van der Waals surface area contributed by atoms with E-state index in [0.717, 1.165) is 6.42 Å². The maximum absolute atomic E-state index is 11.7. The summed E-state index contributed by atoms with van der Waals surface area (Å²) in [5.41, 5.74) is 5.55. The molecule has 0 heterocycles. The minimum absolute atomic E-state index is 0. The lowest BCUT2D eigenvalue weighted by molar-refractivity contribution is -0.173. The third-order valence-corrected chi connectivity index (χ3v) is 1.97. The summed E-state index contributed by atoms with van der Waals surface area (Å²) in [5.74, 6) is 0.285. The molecule has 5 nitrogen and oxygen atoms in total. The average Bonchev–Trinajstić information content (AvgIpc) is 2.32. The van der Waals surface area contributed by atoms with Gasteiger partial charge in [0.05, 0.1) is 0 Å². The molecule has 0 aromatic carbocycles. The van der Waals surface area contributed by atoms with E-state index in [1.54, 1.807) is 0 Å². The first-order valence-corrected chi connectivity index (χ1v) is 6.21. The fourth-order valence-electron chi connectivity index (χ4n) is 1.14. The molecule has 0 fully saturated rings. The summed E-state index contributed by atoms with van der Waals surface area (Å²) in [6, 6.07) is 0. The average molecular weight is 413 g/mol. The maximum atomic E-state index is 11.7. The number of ether oxygens (including phenoxy) is 2. The molecule has 0 aromatic rings. The van der Waals surface area contributed by atoms with Crippen molar-refractivity contribution in [1.82, 2.24) is 5.32 Å². The van der Waals surface area contributed by atoms with Crippen LogP contribution < -0.4 is 11.1 Å². The van der Waals surface area contributed by atoms with E-state index in [9.17, 15) is 13.2 Å². The smallest absolute Gasteiger partial charge is 0.382 e. The van der Waals surface area contributed by atoms with Crippen molar-refractivity contribution in [1.29, 1.82) is 0 Å². The Balaban J connectivity index is 0. The van der Waals surface area contributed by atoms with Gasteiger partial charge in [-0.25, -0.2) is 0 Å². The van der Waals surface area contributed by atoms with Gasteiger partial charge >= 0.3 is 6.18 Å². The van der Waals surface area contributed by atoms with Crippen LogP contribution >= 0.6 is 24.0 Å². The van der Waals surface area contributed by atoms with E-state index < -0.39 is 12.8 Å². The largest absolute Gasteiger partial charge is 0.411 e. The summed E-state index contributed by atoms with van der Waals surface area (Å²) in [7, 11) is 0. The zero-order valence-electron chi connectivity index (χ0n) is 11.5. The molecule has 0 atom stereocenters. The number of hydrogen-bond donors (Lipinski definition) is 2. The molecule has 0 rings (SSSR count). The van der Waals surface area contributed by atoms with Crippen molar-refractivity contribution in [3.8, 4) is 0 Å². The lowest BCUT2D eigenvalue weighted by Crippen LogP contribution is -2.33. The Bertz CT molecular complexity index is 254. The number of guanidine groups is 1. The Hall–Kier alpha value is -0.290. The van der Waals surface area contributed by atoms with E-state index in [2.05, 4.69) is 15.0 Å². The molecule has 0 bridgehead atoms. The molecule has 0 aromatic heterocycles. The van der Waals surface area contributed by atoms with Crippen LogP contribution in [0.2, 0.25) is 0 Å². The van der Waals surface area contributed by atoms with Gasteiger partial charge in [-0.15, -0.1) is 24.0 Å². The summed E-state index contributed by atoms with van der Waals surface area (Å²) in [6.45, 7) is 3.04. The molecule has 0 spiro atoms. The van der Waals surface area contributed by atoms with E-state index in [1.807, 2.05) is 6.92 Å². The molecule has 0 unspecified atom stereocenters. The lowest BCUT2D eigenvalue weighted by Gasteiger charge is -2.07. The Morgan fingerprint density at radius 3 is 2.45 bits per heavy atom. The number of aliphatic imine (C=N–C) groups is 1. The van der Waals surface area contributed by atoms with E-state index in [4.69, 9.17) is 10.5 Å². The molecule has 9 heteroatoms. The van der Waals surface area contributed by atoms with Crippen molar-refractivity contribution in [3.05, 3.63) is 0 Å². The predicted molar refractivity (Wildman–Crippen MR) is 82.5 cm³/mol. The standard InChI is InChI=1S/C11H22F3N3O2.HI/c1-2-18-7-3-5-16-10(15)17-6-4-8-19-9-11(12,13)14;/h2-9H2,1H3,(H3,15,16,17);1H. The quantitative estimate of drug-likeness (QED) is 0.249. The van der Waals surface area contributed by atoms with Gasteiger partial charge in [0, 0.05) is 32.9 Å². The van der Waals surface area contributed by atoms with E-state index in [0.29, 0.717) is 32.7 Å². The van der Waals surface area contributed by atoms with E-state index in [1.165, 1.54) is 0 Å². The van der Waals surface area contributed by atoms with Crippen molar-refractivity contribution in [3.63, 3.8) is 0 Å². The highest BCUT2D eigenvalue weighted by Crippen LogP contribution is 2.14. The zero-order chi connectivity index (χ0) is 14.6. The number of hydrogen-bond acceptors (Lipinski definition) is 3. The number of rotatable bonds is 10. The Morgan fingerprint density at radius 2 is 1.85 bits per heavy atom. The fraction of sp³-hybridized carbons (Fsp3) is 0.909. The highest BCUT2D eigenvalue weighted by atomic mass is 127. The van der Waals surface area contributed by atoms with Gasteiger partial charge in [0.1, 0.15) is 6.61 Å². The van der Waals surface area contributed by atoms with E-state index in [-0.39, 0.29) is 36.5 Å². The summed E-state index contributed by atoms with van der Waals surface area (Å²) in [6.07, 6.45) is -3.05. The Kier molecular flexibility index (Phi) is 15.0. The number of halogens is 4. The van der Waals surface area contributed by atoms with Crippen LogP contribution in [-0.2, 0) is 9.47 Å². The van der Waals surface area contributed by atoms with Crippen LogP contribution in [-0.4, -0.2) is 51.7 Å². The molecular formula is C11H23F3IN3O2. The molecule has 0 radical (unpaired) electrons. The minimum Gasteiger partial charge on any atom is -0.382 e. The molecule has 0 saturated carbocycles. The van der Waals surface area contributed by atoms with Crippen LogP contribution in [0.3, 0.4) is 0 Å². The lowest BCUT2D eigenvalue weighted by atomic mass is 10.4. The monoisotopic (exact) mass is 413 g/mol. The SMILES string of the molecule is CCOCCCNC(N)=NCCCOCC(F)(F)F.I. The molecule has 3 N–H and O–H groups in total.